The second kappa shape index (κ2) is 4.68. The molecule has 0 aliphatic rings. The van der Waals surface area contributed by atoms with Gasteiger partial charge in [0.25, 0.3) is 0 Å². The van der Waals surface area contributed by atoms with E-state index in [0.29, 0.717) is 6.54 Å². The summed E-state index contributed by atoms with van der Waals surface area (Å²) in [6, 6.07) is 8.15. The number of anilines is 1. The molecule has 0 radical (unpaired) electrons. The third kappa shape index (κ3) is 2.40. The molecule has 0 unspecified atom stereocenters. The van der Waals surface area contributed by atoms with Gasteiger partial charge in [0.15, 0.2) is 5.65 Å². The molecule has 0 saturated carbocycles. The molecular weight excluding hydrogens is 238 g/mol. The van der Waals surface area contributed by atoms with Crippen LogP contribution in [0.4, 0.5) is 5.82 Å². The van der Waals surface area contributed by atoms with Crippen molar-refractivity contribution in [3.63, 3.8) is 0 Å². The summed E-state index contributed by atoms with van der Waals surface area (Å²) in [6.07, 6.45) is 3.45. The standard InChI is InChI=1S/C14H15N5/c1-10-5-13(19-14(6-10)17-9-18-19)16-8-12-4-3-11(2)15-7-12/h3-7,9,16H,8H2,1-2H3. The summed E-state index contributed by atoms with van der Waals surface area (Å²) < 4.78 is 1.80. The Morgan fingerprint density at radius 1 is 1.16 bits per heavy atom. The molecule has 5 nitrogen and oxygen atoms in total. The first-order valence-corrected chi connectivity index (χ1v) is 6.18. The molecule has 0 atom stereocenters. The van der Waals surface area contributed by atoms with Crippen LogP contribution in [0.15, 0.2) is 36.8 Å². The van der Waals surface area contributed by atoms with Gasteiger partial charge in [-0.1, -0.05) is 6.07 Å². The Labute approximate surface area is 111 Å². The minimum absolute atomic E-state index is 0.714. The minimum atomic E-state index is 0.714. The van der Waals surface area contributed by atoms with E-state index < -0.39 is 0 Å². The van der Waals surface area contributed by atoms with E-state index in [1.807, 2.05) is 32.2 Å². The third-order valence-corrected chi connectivity index (χ3v) is 2.97. The summed E-state index contributed by atoms with van der Waals surface area (Å²) in [4.78, 5) is 8.49. The van der Waals surface area contributed by atoms with E-state index >= 15 is 0 Å². The maximum atomic E-state index is 4.29. The Kier molecular flexibility index (Phi) is 2.87. The van der Waals surface area contributed by atoms with Crippen LogP contribution in [0.3, 0.4) is 0 Å². The van der Waals surface area contributed by atoms with Crippen molar-refractivity contribution in [1.29, 1.82) is 0 Å². The Balaban J connectivity index is 1.85. The fraction of sp³-hybridized carbons (Fsp3) is 0.214. The van der Waals surface area contributed by atoms with Crippen LogP contribution in [0.5, 0.6) is 0 Å². The number of pyridine rings is 2. The van der Waals surface area contributed by atoms with E-state index in [1.54, 1.807) is 10.8 Å². The molecule has 0 amide bonds. The Morgan fingerprint density at radius 2 is 2.05 bits per heavy atom. The predicted molar refractivity (Wildman–Crippen MR) is 74.0 cm³/mol. The number of rotatable bonds is 3. The lowest BCUT2D eigenvalue weighted by molar-refractivity contribution is 0.938. The van der Waals surface area contributed by atoms with Crippen LogP contribution in [-0.4, -0.2) is 19.6 Å². The second-order valence-electron chi connectivity index (χ2n) is 4.61. The minimum Gasteiger partial charge on any atom is -0.366 e. The zero-order valence-electron chi connectivity index (χ0n) is 11.0. The van der Waals surface area contributed by atoms with E-state index in [-0.39, 0.29) is 0 Å². The number of hydrogen-bond acceptors (Lipinski definition) is 4. The highest BCUT2D eigenvalue weighted by atomic mass is 15.3. The van der Waals surface area contributed by atoms with E-state index in [1.165, 1.54) is 0 Å². The summed E-state index contributed by atoms with van der Waals surface area (Å²) in [7, 11) is 0. The third-order valence-electron chi connectivity index (χ3n) is 2.97. The largest absolute Gasteiger partial charge is 0.366 e. The molecule has 1 N–H and O–H groups in total. The number of aryl methyl sites for hydroxylation is 2. The first kappa shape index (κ1) is 11.6. The van der Waals surface area contributed by atoms with Gasteiger partial charge < -0.3 is 5.32 Å². The molecule has 0 bridgehead atoms. The van der Waals surface area contributed by atoms with Gasteiger partial charge in [0.2, 0.25) is 0 Å². The second-order valence-corrected chi connectivity index (χ2v) is 4.61. The number of aromatic nitrogens is 4. The summed E-state index contributed by atoms with van der Waals surface area (Å²) in [5, 5.41) is 7.58. The van der Waals surface area contributed by atoms with Gasteiger partial charge in [-0.05, 0) is 43.2 Å². The van der Waals surface area contributed by atoms with Crippen LogP contribution in [0.25, 0.3) is 5.65 Å². The normalized spacial score (nSPS) is 10.8. The average Bonchev–Trinajstić information content (AvgIpc) is 2.85. The van der Waals surface area contributed by atoms with Crippen molar-refractivity contribution in [2.45, 2.75) is 20.4 Å². The topological polar surface area (TPSA) is 55.1 Å². The van der Waals surface area contributed by atoms with Crippen molar-refractivity contribution in [3.05, 3.63) is 53.6 Å². The lowest BCUT2D eigenvalue weighted by atomic mass is 10.2. The lowest BCUT2D eigenvalue weighted by Crippen LogP contribution is -2.06. The first-order chi connectivity index (χ1) is 9.22. The molecule has 0 fully saturated rings. The van der Waals surface area contributed by atoms with Crippen LogP contribution in [-0.2, 0) is 6.54 Å². The highest BCUT2D eigenvalue weighted by Crippen LogP contribution is 2.14. The number of fused-ring (bicyclic) bond motifs is 1. The monoisotopic (exact) mass is 253 g/mol. The van der Waals surface area contributed by atoms with E-state index in [9.17, 15) is 0 Å². The fourth-order valence-corrected chi connectivity index (χ4v) is 1.98. The molecule has 0 aliphatic heterocycles. The quantitative estimate of drug-likeness (QED) is 0.778. The number of nitrogens with one attached hydrogen (secondary N) is 1. The highest BCUT2D eigenvalue weighted by molar-refractivity contribution is 5.51. The Bertz CT molecular complexity index is 699. The Hall–Kier alpha value is -2.43. The van der Waals surface area contributed by atoms with E-state index in [0.717, 1.165) is 28.3 Å². The van der Waals surface area contributed by atoms with Crippen molar-refractivity contribution in [1.82, 2.24) is 19.6 Å². The molecule has 3 heterocycles. The van der Waals surface area contributed by atoms with Crippen LogP contribution in [0.2, 0.25) is 0 Å². The molecule has 96 valence electrons. The van der Waals surface area contributed by atoms with Crippen molar-refractivity contribution >= 4 is 11.5 Å². The van der Waals surface area contributed by atoms with Crippen LogP contribution < -0.4 is 5.32 Å². The number of hydrogen-bond donors (Lipinski definition) is 1. The molecule has 5 heteroatoms. The molecule has 0 spiro atoms. The molecule has 19 heavy (non-hydrogen) atoms. The van der Waals surface area contributed by atoms with Crippen molar-refractivity contribution < 1.29 is 0 Å². The molecular formula is C14H15N5. The molecule has 0 aliphatic carbocycles. The SMILES string of the molecule is Cc1cc(NCc2ccc(C)nc2)n2ncnc2c1. The van der Waals surface area contributed by atoms with Gasteiger partial charge in [0.1, 0.15) is 12.1 Å². The van der Waals surface area contributed by atoms with Crippen LogP contribution >= 0.6 is 0 Å². The zero-order chi connectivity index (χ0) is 13.2. The molecule has 3 aromatic rings. The van der Waals surface area contributed by atoms with Gasteiger partial charge in [0.05, 0.1) is 0 Å². The number of nitrogens with zero attached hydrogens (tertiary/aromatic N) is 4. The van der Waals surface area contributed by atoms with Gasteiger partial charge in [0, 0.05) is 18.4 Å². The maximum Gasteiger partial charge on any atom is 0.157 e. The highest BCUT2D eigenvalue weighted by Gasteiger charge is 2.03. The average molecular weight is 253 g/mol. The smallest absolute Gasteiger partial charge is 0.157 e. The van der Waals surface area contributed by atoms with Crippen molar-refractivity contribution in [2.24, 2.45) is 0 Å². The lowest BCUT2D eigenvalue weighted by Gasteiger charge is -2.09. The fourth-order valence-electron chi connectivity index (χ4n) is 1.98. The molecule has 3 rings (SSSR count). The molecule has 3 aromatic heterocycles. The van der Waals surface area contributed by atoms with Crippen LogP contribution in [0.1, 0.15) is 16.8 Å². The van der Waals surface area contributed by atoms with Crippen molar-refractivity contribution in [2.75, 3.05) is 5.32 Å². The molecule has 0 aromatic carbocycles. The van der Waals surface area contributed by atoms with Gasteiger partial charge in [-0.2, -0.15) is 9.61 Å². The van der Waals surface area contributed by atoms with Gasteiger partial charge in [-0.15, -0.1) is 0 Å². The van der Waals surface area contributed by atoms with Crippen molar-refractivity contribution in [3.8, 4) is 0 Å². The molecule has 0 saturated heterocycles. The summed E-state index contributed by atoms with van der Waals surface area (Å²) >= 11 is 0. The van der Waals surface area contributed by atoms with Gasteiger partial charge >= 0.3 is 0 Å². The van der Waals surface area contributed by atoms with E-state index in [4.69, 9.17) is 0 Å². The van der Waals surface area contributed by atoms with Crippen LogP contribution in [0, 0.1) is 13.8 Å². The maximum absolute atomic E-state index is 4.29. The predicted octanol–water partition coefficient (Wildman–Crippen LogP) is 2.35. The zero-order valence-corrected chi connectivity index (χ0v) is 11.0. The summed E-state index contributed by atoms with van der Waals surface area (Å²) in [6.45, 7) is 4.75. The van der Waals surface area contributed by atoms with E-state index in [2.05, 4.69) is 32.5 Å². The van der Waals surface area contributed by atoms with Gasteiger partial charge in [-0.3, -0.25) is 4.98 Å². The summed E-state index contributed by atoms with van der Waals surface area (Å²) in [5.41, 5.74) is 4.17. The Morgan fingerprint density at radius 3 is 2.84 bits per heavy atom. The summed E-state index contributed by atoms with van der Waals surface area (Å²) in [5.74, 6) is 0.938. The first-order valence-electron chi connectivity index (χ1n) is 6.18. The van der Waals surface area contributed by atoms with Gasteiger partial charge in [-0.25, -0.2) is 4.98 Å².